The number of unbranched alkanes of at least 4 members (excludes halogenated alkanes) is 3. The van der Waals surface area contributed by atoms with Crippen LogP contribution in [0.25, 0.3) is 0 Å². The van der Waals surface area contributed by atoms with Crippen LogP contribution in [0.15, 0.2) is 97.1 Å². The highest BCUT2D eigenvalue weighted by Gasteiger charge is 2.23. The predicted molar refractivity (Wildman–Crippen MR) is 206 cm³/mol. The minimum absolute atomic E-state index is 1.08. The van der Waals surface area contributed by atoms with Gasteiger partial charge in [-0.2, -0.15) is 0 Å². The van der Waals surface area contributed by atoms with Crippen LogP contribution in [0.5, 0.6) is 0 Å². The Morgan fingerprint density at radius 2 is 0.646 bits per heavy atom. The van der Waals surface area contributed by atoms with Gasteiger partial charge in [0.25, 0.3) is 0 Å². The van der Waals surface area contributed by atoms with E-state index in [9.17, 15) is 0 Å². The molecule has 0 bridgehead atoms. The van der Waals surface area contributed by atoms with Gasteiger partial charge < -0.3 is 18.8 Å². The highest BCUT2D eigenvalue weighted by molar-refractivity contribution is 5.72. The molecule has 0 aliphatic carbocycles. The summed E-state index contributed by atoms with van der Waals surface area (Å²) in [5, 5.41) is 0. The van der Waals surface area contributed by atoms with Crippen LogP contribution in [0.3, 0.4) is 0 Å². The predicted octanol–water partition coefficient (Wildman–Crippen LogP) is 9.35. The molecule has 0 saturated carbocycles. The van der Waals surface area contributed by atoms with Crippen molar-refractivity contribution in [1.29, 1.82) is 0 Å². The molecule has 4 heteroatoms. The molecule has 0 atom stereocenters. The van der Waals surface area contributed by atoms with Crippen molar-refractivity contribution in [3.05, 3.63) is 119 Å². The maximum Gasteiger partial charge on any atom is 0.0799 e. The first-order chi connectivity index (χ1) is 23.3. The van der Waals surface area contributed by atoms with Crippen LogP contribution in [-0.2, 0) is 25.7 Å². The molecule has 0 unspecified atom stereocenters. The third-order valence-corrected chi connectivity index (χ3v) is 11.0. The Bertz CT molecular complexity index is 1410. The van der Waals surface area contributed by atoms with Gasteiger partial charge in [0.2, 0.25) is 0 Å². The van der Waals surface area contributed by atoms with Crippen LogP contribution in [0.4, 0.5) is 22.7 Å². The number of aryl methyl sites for hydroxylation is 4. The lowest BCUT2D eigenvalue weighted by Gasteiger charge is -2.33. The third kappa shape index (κ3) is 8.70. The van der Waals surface area contributed by atoms with Gasteiger partial charge in [-0.15, -0.1) is 0 Å². The van der Waals surface area contributed by atoms with E-state index in [0.717, 1.165) is 47.7 Å². The van der Waals surface area contributed by atoms with E-state index in [4.69, 9.17) is 0 Å². The van der Waals surface area contributed by atoms with Crippen LogP contribution in [0, 0.1) is 0 Å². The van der Waals surface area contributed by atoms with E-state index < -0.39 is 0 Å². The molecule has 0 aromatic heterocycles. The van der Waals surface area contributed by atoms with Gasteiger partial charge in [-0.25, -0.2) is 0 Å². The number of nitrogens with zero attached hydrogens (tertiary/aromatic N) is 4. The maximum absolute atomic E-state index is 2.60. The van der Waals surface area contributed by atoms with Gasteiger partial charge in [0.1, 0.15) is 0 Å². The molecule has 4 aromatic carbocycles. The number of benzene rings is 4. The first kappa shape index (κ1) is 34.3. The standard InChI is InChI=1S/C44H60N4/c1-47(2,35-17-31-45-41-23-11-7-19-37(41)27-28-38-20-8-12-24-42(38)45)33-15-5-6-16-34-48(3,4)36-18-32-46-43-25-13-9-21-39(43)29-30-40-22-10-14-26-44(40)46/h7-14,19-26H,5-6,15-18,27-36H2,1-4H3/q+2. The molecule has 0 N–H and O–H groups in total. The molecule has 254 valence electrons. The summed E-state index contributed by atoms with van der Waals surface area (Å²) in [4.78, 5) is 5.20. The van der Waals surface area contributed by atoms with Crippen molar-refractivity contribution >= 4 is 22.7 Å². The van der Waals surface area contributed by atoms with E-state index in [2.05, 4.69) is 135 Å². The Labute approximate surface area is 291 Å². The summed E-state index contributed by atoms with van der Waals surface area (Å²) in [6.07, 6.45) is 12.3. The highest BCUT2D eigenvalue weighted by Crippen LogP contribution is 2.37. The second kappa shape index (κ2) is 15.7. The SMILES string of the molecule is C[N+](C)(CCCCCC[N+](C)(C)CCCN1c2ccccc2CCc2ccccc21)CCCN1c2ccccc2CCc2ccccc21. The normalized spacial score (nSPS) is 14.4. The zero-order chi connectivity index (χ0) is 33.4. The van der Waals surface area contributed by atoms with Gasteiger partial charge in [-0.05, 0) is 97.9 Å². The van der Waals surface area contributed by atoms with Crippen molar-refractivity contribution < 1.29 is 8.97 Å². The second-order valence-electron chi connectivity index (χ2n) is 15.7. The summed E-state index contributed by atoms with van der Waals surface area (Å²) < 4.78 is 2.23. The average Bonchev–Trinajstić information content (AvgIpc) is 3.35. The largest absolute Gasteiger partial charge is 0.341 e. The maximum atomic E-state index is 2.60. The van der Waals surface area contributed by atoms with E-state index in [0.29, 0.717) is 0 Å². The summed E-state index contributed by atoms with van der Waals surface area (Å²) in [5.41, 5.74) is 11.6. The third-order valence-electron chi connectivity index (χ3n) is 11.0. The van der Waals surface area contributed by atoms with E-state index in [1.54, 1.807) is 0 Å². The van der Waals surface area contributed by atoms with Gasteiger partial charge in [0, 0.05) is 48.7 Å². The number of para-hydroxylation sites is 4. The molecule has 6 rings (SSSR count). The molecule has 2 heterocycles. The molecular formula is C44H60N4+2. The second-order valence-corrected chi connectivity index (χ2v) is 15.7. The Kier molecular flexibility index (Phi) is 11.2. The molecule has 0 saturated heterocycles. The molecule has 48 heavy (non-hydrogen) atoms. The minimum Gasteiger partial charge on any atom is -0.341 e. The molecule has 0 spiro atoms. The van der Waals surface area contributed by atoms with Crippen molar-refractivity contribution in [2.75, 3.05) is 77.3 Å². The lowest BCUT2D eigenvalue weighted by atomic mass is 10.0. The first-order valence-electron chi connectivity index (χ1n) is 18.8. The molecule has 0 fully saturated rings. The molecular weight excluding hydrogens is 585 g/mol. The van der Waals surface area contributed by atoms with E-state index in [1.165, 1.54) is 110 Å². The highest BCUT2D eigenvalue weighted by atomic mass is 15.3. The first-order valence-corrected chi connectivity index (χ1v) is 18.8. The van der Waals surface area contributed by atoms with E-state index in [1.807, 2.05) is 0 Å². The van der Waals surface area contributed by atoms with Crippen molar-refractivity contribution in [1.82, 2.24) is 0 Å². The smallest absolute Gasteiger partial charge is 0.0799 e. The fourth-order valence-corrected chi connectivity index (χ4v) is 8.19. The number of quaternary nitrogens is 2. The summed E-state index contributed by atoms with van der Waals surface area (Å²) in [5.74, 6) is 0. The van der Waals surface area contributed by atoms with Gasteiger partial charge in [0.05, 0.1) is 54.4 Å². The summed E-state index contributed by atoms with van der Waals surface area (Å²) in [7, 11) is 9.74. The zero-order valence-corrected chi connectivity index (χ0v) is 30.3. The van der Waals surface area contributed by atoms with Crippen LogP contribution < -0.4 is 9.80 Å². The van der Waals surface area contributed by atoms with Gasteiger partial charge in [0.15, 0.2) is 0 Å². The Balaban J connectivity index is 0.910. The van der Waals surface area contributed by atoms with Gasteiger partial charge in [-0.1, -0.05) is 72.8 Å². The quantitative estimate of drug-likeness (QED) is 0.0940. The Morgan fingerprint density at radius 1 is 0.375 bits per heavy atom. The van der Waals surface area contributed by atoms with Crippen LogP contribution in [0.2, 0.25) is 0 Å². The average molecular weight is 645 g/mol. The summed E-state index contributed by atoms with van der Waals surface area (Å²) in [6, 6.07) is 36.2. The lowest BCUT2D eigenvalue weighted by molar-refractivity contribution is -0.891. The van der Waals surface area contributed by atoms with Crippen molar-refractivity contribution in [2.24, 2.45) is 0 Å². The minimum atomic E-state index is 1.08. The molecule has 4 aromatic rings. The van der Waals surface area contributed by atoms with Crippen LogP contribution >= 0.6 is 0 Å². The number of anilines is 4. The van der Waals surface area contributed by atoms with Crippen LogP contribution in [0.1, 0.15) is 60.8 Å². The topological polar surface area (TPSA) is 6.48 Å². The Hall–Kier alpha value is -3.60. The molecule has 4 nitrogen and oxygen atoms in total. The fourth-order valence-electron chi connectivity index (χ4n) is 8.19. The Morgan fingerprint density at radius 3 is 0.958 bits per heavy atom. The molecule has 0 amide bonds. The van der Waals surface area contributed by atoms with E-state index >= 15 is 0 Å². The number of hydrogen-bond acceptors (Lipinski definition) is 2. The van der Waals surface area contributed by atoms with Gasteiger partial charge in [-0.3, -0.25) is 0 Å². The lowest BCUT2D eigenvalue weighted by Crippen LogP contribution is -2.42. The number of hydrogen-bond donors (Lipinski definition) is 0. The van der Waals surface area contributed by atoms with Crippen molar-refractivity contribution in [3.63, 3.8) is 0 Å². The van der Waals surface area contributed by atoms with Gasteiger partial charge >= 0.3 is 0 Å². The number of rotatable bonds is 15. The molecule has 0 radical (unpaired) electrons. The van der Waals surface area contributed by atoms with E-state index in [-0.39, 0.29) is 0 Å². The fraction of sp³-hybridized carbons (Fsp3) is 0.455. The zero-order valence-electron chi connectivity index (χ0n) is 30.3. The van der Waals surface area contributed by atoms with Crippen molar-refractivity contribution in [2.45, 2.75) is 64.2 Å². The summed E-state index contributed by atoms with van der Waals surface area (Å²) >= 11 is 0. The summed E-state index contributed by atoms with van der Waals surface area (Å²) in [6.45, 7) is 7.14. The van der Waals surface area contributed by atoms with Crippen molar-refractivity contribution in [3.8, 4) is 0 Å². The monoisotopic (exact) mass is 644 g/mol. The van der Waals surface area contributed by atoms with Crippen LogP contribution in [-0.4, -0.2) is 76.4 Å². The molecule has 2 aliphatic heterocycles. The molecule has 2 aliphatic rings. The number of fused-ring (bicyclic) bond motifs is 4.